The molecule has 1 heterocycles. The van der Waals surface area contributed by atoms with E-state index in [0.717, 1.165) is 10.0 Å². The van der Waals surface area contributed by atoms with Gasteiger partial charge in [0.15, 0.2) is 9.84 Å². The van der Waals surface area contributed by atoms with Crippen molar-refractivity contribution < 1.29 is 8.42 Å². The molecule has 0 bridgehead atoms. The number of hydrogen-bond donors (Lipinski definition) is 1. The first-order chi connectivity index (χ1) is 9.30. The number of halogens is 1. The van der Waals surface area contributed by atoms with Gasteiger partial charge >= 0.3 is 0 Å². The number of nitrogens with two attached hydrogens (primary N) is 1. The molecule has 0 radical (unpaired) electrons. The van der Waals surface area contributed by atoms with Crippen LogP contribution >= 0.6 is 15.9 Å². The summed E-state index contributed by atoms with van der Waals surface area (Å²) in [5.41, 5.74) is 7.30. The maximum atomic E-state index is 11.7. The molecular formula is C14H21BrN2O2S. The smallest absolute Gasteiger partial charge is 0.153 e. The largest absolute Gasteiger partial charge is 0.326 e. The molecule has 0 saturated carbocycles. The molecule has 1 aliphatic heterocycles. The second kappa shape index (κ2) is 6.13. The van der Waals surface area contributed by atoms with E-state index in [0.29, 0.717) is 6.54 Å². The monoisotopic (exact) mass is 360 g/mol. The summed E-state index contributed by atoms with van der Waals surface area (Å²) >= 11 is 3.48. The second-order valence-corrected chi connectivity index (χ2v) is 8.70. The van der Waals surface area contributed by atoms with Crippen molar-refractivity contribution in [2.45, 2.75) is 32.0 Å². The van der Waals surface area contributed by atoms with E-state index in [1.165, 1.54) is 0 Å². The molecule has 1 aromatic rings. The highest BCUT2D eigenvalue weighted by atomic mass is 79.9. The van der Waals surface area contributed by atoms with Gasteiger partial charge in [-0.3, -0.25) is 4.90 Å². The minimum absolute atomic E-state index is 0.0104. The molecule has 0 amide bonds. The molecule has 2 rings (SSSR count). The highest BCUT2D eigenvalue weighted by Gasteiger charge is 2.34. The van der Waals surface area contributed by atoms with Gasteiger partial charge in [-0.25, -0.2) is 8.42 Å². The Labute approximate surface area is 129 Å². The molecule has 6 heteroatoms. The third kappa shape index (κ3) is 3.61. The number of hydrogen-bond acceptors (Lipinski definition) is 4. The van der Waals surface area contributed by atoms with Gasteiger partial charge in [0.05, 0.1) is 11.5 Å². The van der Waals surface area contributed by atoms with Gasteiger partial charge in [-0.2, -0.15) is 0 Å². The quantitative estimate of drug-likeness (QED) is 0.894. The molecule has 112 valence electrons. The first-order valence-corrected chi connectivity index (χ1v) is 9.39. The lowest BCUT2D eigenvalue weighted by Gasteiger charge is -2.41. The van der Waals surface area contributed by atoms with E-state index in [-0.39, 0.29) is 29.6 Å². The van der Waals surface area contributed by atoms with E-state index in [1.54, 1.807) is 0 Å². The summed E-state index contributed by atoms with van der Waals surface area (Å²) in [6.45, 7) is 4.48. The third-order valence-electron chi connectivity index (χ3n) is 3.77. The summed E-state index contributed by atoms with van der Waals surface area (Å²) in [4.78, 5) is 2.22. The maximum absolute atomic E-state index is 11.7. The van der Waals surface area contributed by atoms with Crippen LogP contribution < -0.4 is 5.73 Å². The molecule has 0 aromatic heterocycles. The fourth-order valence-corrected chi connectivity index (χ4v) is 4.91. The summed E-state index contributed by atoms with van der Waals surface area (Å²) < 4.78 is 24.5. The fourth-order valence-electron chi connectivity index (χ4n) is 2.91. The van der Waals surface area contributed by atoms with Crippen LogP contribution in [0.25, 0.3) is 0 Å². The zero-order valence-electron chi connectivity index (χ0n) is 11.8. The Kier molecular flexibility index (Phi) is 4.89. The summed E-state index contributed by atoms with van der Waals surface area (Å²) in [7, 11) is -2.91. The molecule has 0 aliphatic carbocycles. The van der Waals surface area contributed by atoms with Crippen molar-refractivity contribution >= 4 is 25.8 Å². The molecule has 4 nitrogen and oxygen atoms in total. The Morgan fingerprint density at radius 1 is 1.45 bits per heavy atom. The van der Waals surface area contributed by atoms with Crippen LogP contribution in [0.2, 0.25) is 0 Å². The molecule has 3 unspecified atom stereocenters. The van der Waals surface area contributed by atoms with Gasteiger partial charge < -0.3 is 5.73 Å². The van der Waals surface area contributed by atoms with Crippen LogP contribution in [0.15, 0.2) is 28.7 Å². The highest BCUT2D eigenvalue weighted by molar-refractivity contribution is 9.10. The van der Waals surface area contributed by atoms with Gasteiger partial charge in [0, 0.05) is 29.1 Å². The van der Waals surface area contributed by atoms with Crippen molar-refractivity contribution in [1.29, 1.82) is 0 Å². The van der Waals surface area contributed by atoms with Gasteiger partial charge in [0.25, 0.3) is 0 Å². The first kappa shape index (κ1) is 15.9. The average molecular weight is 361 g/mol. The summed E-state index contributed by atoms with van der Waals surface area (Å²) in [5.74, 6) is 0.429. The van der Waals surface area contributed by atoms with Gasteiger partial charge in [-0.1, -0.05) is 28.1 Å². The minimum Gasteiger partial charge on any atom is -0.326 e. The average Bonchev–Trinajstić information content (AvgIpc) is 2.31. The van der Waals surface area contributed by atoms with Crippen molar-refractivity contribution in [3.8, 4) is 0 Å². The number of benzene rings is 1. The van der Waals surface area contributed by atoms with Crippen molar-refractivity contribution in [2.24, 2.45) is 5.73 Å². The summed E-state index contributed by atoms with van der Waals surface area (Å²) in [5, 5.41) is 0. The van der Waals surface area contributed by atoms with Crippen LogP contribution in [0.4, 0.5) is 0 Å². The van der Waals surface area contributed by atoms with E-state index < -0.39 is 9.84 Å². The molecule has 20 heavy (non-hydrogen) atoms. The molecule has 1 aliphatic rings. The zero-order chi connectivity index (χ0) is 14.9. The van der Waals surface area contributed by atoms with Gasteiger partial charge in [-0.05, 0) is 31.5 Å². The van der Waals surface area contributed by atoms with Crippen LogP contribution in [0.1, 0.15) is 25.5 Å². The predicted octanol–water partition coefficient (Wildman–Crippen LogP) is 1.96. The van der Waals surface area contributed by atoms with E-state index in [4.69, 9.17) is 5.73 Å². The van der Waals surface area contributed by atoms with Gasteiger partial charge in [0.2, 0.25) is 0 Å². The Morgan fingerprint density at radius 3 is 2.70 bits per heavy atom. The lowest BCUT2D eigenvalue weighted by atomic mass is 9.98. The van der Waals surface area contributed by atoms with E-state index >= 15 is 0 Å². The predicted molar refractivity (Wildman–Crippen MR) is 85.4 cm³/mol. The van der Waals surface area contributed by atoms with Gasteiger partial charge in [0.1, 0.15) is 0 Å². The van der Waals surface area contributed by atoms with Crippen molar-refractivity contribution in [1.82, 2.24) is 4.90 Å². The molecule has 2 N–H and O–H groups in total. The normalized spacial score (nSPS) is 26.1. The molecule has 0 spiro atoms. The fraction of sp³-hybridized carbons (Fsp3) is 0.571. The molecule has 1 fully saturated rings. The standard InChI is InChI=1S/C14H21BrN2O2S/c1-10-9-20(18,19)7-6-17(10)14(11(2)16)12-4-3-5-13(15)8-12/h3-5,8,10-11,14H,6-7,9,16H2,1-2H3. The zero-order valence-corrected chi connectivity index (χ0v) is 14.2. The van der Waals surface area contributed by atoms with Crippen molar-refractivity contribution in [3.05, 3.63) is 34.3 Å². The Morgan fingerprint density at radius 2 is 2.15 bits per heavy atom. The van der Waals surface area contributed by atoms with Crippen molar-refractivity contribution in [3.63, 3.8) is 0 Å². The van der Waals surface area contributed by atoms with E-state index in [9.17, 15) is 8.42 Å². The molecular weight excluding hydrogens is 340 g/mol. The highest BCUT2D eigenvalue weighted by Crippen LogP contribution is 2.29. The van der Waals surface area contributed by atoms with Crippen LogP contribution in [0.3, 0.4) is 0 Å². The van der Waals surface area contributed by atoms with Crippen LogP contribution in [0.5, 0.6) is 0 Å². The summed E-state index contributed by atoms with van der Waals surface area (Å²) in [6, 6.07) is 8.04. The van der Waals surface area contributed by atoms with Crippen LogP contribution in [-0.2, 0) is 9.84 Å². The van der Waals surface area contributed by atoms with Crippen molar-refractivity contribution in [2.75, 3.05) is 18.1 Å². The second-order valence-electron chi connectivity index (χ2n) is 5.56. The van der Waals surface area contributed by atoms with Crippen LogP contribution in [0, 0.1) is 0 Å². The topological polar surface area (TPSA) is 63.4 Å². The maximum Gasteiger partial charge on any atom is 0.153 e. The SMILES string of the molecule is CC(N)C(c1cccc(Br)c1)N1CCS(=O)(=O)CC1C. The Hall–Kier alpha value is -0.430. The molecule has 1 aromatic carbocycles. The number of sulfone groups is 1. The van der Waals surface area contributed by atoms with E-state index in [1.807, 2.05) is 26.0 Å². The minimum atomic E-state index is -2.91. The first-order valence-electron chi connectivity index (χ1n) is 6.77. The van der Waals surface area contributed by atoms with Gasteiger partial charge in [-0.15, -0.1) is 0 Å². The molecule has 1 saturated heterocycles. The molecule has 3 atom stereocenters. The number of rotatable bonds is 3. The van der Waals surface area contributed by atoms with E-state index in [2.05, 4.69) is 33.0 Å². The lowest BCUT2D eigenvalue weighted by molar-refractivity contribution is 0.140. The third-order valence-corrected chi connectivity index (χ3v) is 6.06. The Bertz CT molecular complexity index is 574. The summed E-state index contributed by atoms with van der Waals surface area (Å²) in [6.07, 6.45) is 0. The van der Waals surface area contributed by atoms with Crippen LogP contribution in [-0.4, -0.2) is 43.5 Å². The lowest BCUT2D eigenvalue weighted by Crippen LogP contribution is -2.52. The number of nitrogens with zero attached hydrogens (tertiary/aromatic N) is 1. The Balaban J connectivity index is 2.30.